The van der Waals surface area contributed by atoms with Gasteiger partial charge in [0.1, 0.15) is 17.3 Å². The van der Waals surface area contributed by atoms with Crippen molar-refractivity contribution in [1.82, 2.24) is 9.78 Å². The predicted octanol–water partition coefficient (Wildman–Crippen LogP) is 4.47. The highest BCUT2D eigenvalue weighted by atomic mass is 19.1. The van der Waals surface area contributed by atoms with Crippen LogP contribution in [-0.2, 0) is 0 Å². The van der Waals surface area contributed by atoms with E-state index in [1.807, 2.05) is 24.3 Å². The van der Waals surface area contributed by atoms with Crippen molar-refractivity contribution in [3.8, 4) is 11.4 Å². The molecule has 0 bridgehead atoms. The maximum atomic E-state index is 14.1. The Bertz CT molecular complexity index is 979. The second-order valence-electron chi connectivity index (χ2n) is 7.08. The smallest absolute Gasteiger partial charge is 0.261 e. The van der Waals surface area contributed by atoms with Gasteiger partial charge in [0, 0.05) is 17.9 Å². The first-order valence-electron chi connectivity index (χ1n) is 9.35. The zero-order chi connectivity index (χ0) is 19.7. The first-order chi connectivity index (χ1) is 13.6. The number of halogens is 1. The highest BCUT2D eigenvalue weighted by Crippen LogP contribution is 2.38. The quantitative estimate of drug-likeness (QED) is 0.635. The summed E-state index contributed by atoms with van der Waals surface area (Å²) >= 11 is 0. The van der Waals surface area contributed by atoms with E-state index in [0.29, 0.717) is 17.2 Å². The normalized spacial score (nSPS) is 14.5. The molecular weight excluding hydrogens is 357 g/mol. The van der Waals surface area contributed by atoms with Gasteiger partial charge in [0.15, 0.2) is 0 Å². The number of ether oxygens (including phenoxy) is 1. The van der Waals surface area contributed by atoms with Crippen LogP contribution in [0.3, 0.4) is 0 Å². The molecule has 28 heavy (non-hydrogen) atoms. The summed E-state index contributed by atoms with van der Waals surface area (Å²) in [5, 5.41) is 4.20. The molecule has 1 heterocycles. The number of para-hydroxylation sites is 1. The minimum atomic E-state index is -0.386. The molecule has 5 nitrogen and oxygen atoms in total. The van der Waals surface area contributed by atoms with Gasteiger partial charge >= 0.3 is 0 Å². The lowest BCUT2D eigenvalue weighted by Crippen LogP contribution is -2.40. The van der Waals surface area contributed by atoms with E-state index in [2.05, 4.69) is 12.0 Å². The summed E-state index contributed by atoms with van der Waals surface area (Å²) in [7, 11) is 1.61. The Morgan fingerprint density at radius 3 is 2.57 bits per heavy atom. The van der Waals surface area contributed by atoms with Crippen molar-refractivity contribution in [3.05, 3.63) is 72.3 Å². The van der Waals surface area contributed by atoms with Crippen LogP contribution in [0.5, 0.6) is 5.75 Å². The number of amides is 1. The van der Waals surface area contributed by atoms with Crippen molar-refractivity contribution in [2.45, 2.75) is 25.8 Å². The van der Waals surface area contributed by atoms with E-state index in [0.717, 1.165) is 24.3 Å². The predicted molar refractivity (Wildman–Crippen MR) is 106 cm³/mol. The van der Waals surface area contributed by atoms with Crippen molar-refractivity contribution >= 4 is 11.6 Å². The lowest BCUT2D eigenvalue weighted by Gasteiger charge is -2.29. The van der Waals surface area contributed by atoms with E-state index in [9.17, 15) is 9.18 Å². The monoisotopic (exact) mass is 379 g/mol. The van der Waals surface area contributed by atoms with Gasteiger partial charge in [0.25, 0.3) is 5.91 Å². The summed E-state index contributed by atoms with van der Waals surface area (Å²) in [5.74, 6) is 0.699. The van der Waals surface area contributed by atoms with E-state index >= 15 is 0 Å². The lowest BCUT2D eigenvalue weighted by molar-refractivity contribution is 0.0975. The number of carbonyl (C=O) groups excluding carboxylic acids is 1. The third kappa shape index (κ3) is 3.50. The molecule has 0 aliphatic heterocycles. The van der Waals surface area contributed by atoms with Crippen LogP contribution in [0.1, 0.15) is 30.1 Å². The van der Waals surface area contributed by atoms with Gasteiger partial charge in [-0.05, 0) is 62.1 Å². The fraction of sp³-hybridized carbons (Fsp3) is 0.273. The first kappa shape index (κ1) is 18.2. The second kappa shape index (κ2) is 7.46. The fourth-order valence-electron chi connectivity index (χ4n) is 3.41. The van der Waals surface area contributed by atoms with Crippen LogP contribution in [-0.4, -0.2) is 28.8 Å². The van der Waals surface area contributed by atoms with Crippen molar-refractivity contribution in [2.24, 2.45) is 5.92 Å². The standard InChI is InChI=1S/C22H22FN3O2/c1-15(16-7-8-16)26(18-9-11-19(28-2)12-10-18)22(27)17-13-24-25(14-17)21-6-4-3-5-20(21)23/h3-6,9-16H,7-8H2,1-2H3. The average molecular weight is 379 g/mol. The number of nitrogens with zero attached hydrogens (tertiary/aromatic N) is 3. The van der Waals surface area contributed by atoms with E-state index in [4.69, 9.17) is 4.74 Å². The average Bonchev–Trinajstić information content (AvgIpc) is 3.46. The molecule has 0 spiro atoms. The SMILES string of the molecule is COc1ccc(N(C(=O)c2cnn(-c3ccccc3F)c2)C(C)C2CC2)cc1. The maximum absolute atomic E-state index is 14.1. The van der Waals surface area contributed by atoms with Gasteiger partial charge in [-0.2, -0.15) is 5.10 Å². The zero-order valence-corrected chi connectivity index (χ0v) is 15.9. The molecule has 0 saturated heterocycles. The van der Waals surface area contributed by atoms with Crippen LogP contribution >= 0.6 is 0 Å². The largest absolute Gasteiger partial charge is 0.497 e. The van der Waals surface area contributed by atoms with Crippen LogP contribution < -0.4 is 9.64 Å². The number of benzene rings is 2. The van der Waals surface area contributed by atoms with Gasteiger partial charge < -0.3 is 9.64 Å². The van der Waals surface area contributed by atoms with Gasteiger partial charge in [0.2, 0.25) is 0 Å². The van der Waals surface area contributed by atoms with E-state index in [1.54, 1.807) is 36.4 Å². The summed E-state index contributed by atoms with van der Waals surface area (Å²) in [6.07, 6.45) is 5.31. The molecule has 2 aromatic carbocycles. The second-order valence-corrected chi connectivity index (χ2v) is 7.08. The van der Waals surface area contributed by atoms with E-state index < -0.39 is 0 Å². The van der Waals surface area contributed by atoms with Crippen LogP contribution in [0, 0.1) is 11.7 Å². The minimum Gasteiger partial charge on any atom is -0.497 e. The summed E-state index contributed by atoms with van der Waals surface area (Å²) in [5.41, 5.74) is 1.54. The zero-order valence-electron chi connectivity index (χ0n) is 15.9. The Hall–Kier alpha value is -3.15. The number of aromatic nitrogens is 2. The molecule has 3 aromatic rings. The lowest BCUT2D eigenvalue weighted by atomic mass is 10.1. The molecule has 1 atom stereocenters. The topological polar surface area (TPSA) is 47.4 Å². The molecule has 1 aliphatic carbocycles. The van der Waals surface area contributed by atoms with Crippen LogP contribution in [0.25, 0.3) is 5.69 Å². The molecule has 144 valence electrons. The Labute approximate surface area is 163 Å². The third-order valence-electron chi connectivity index (χ3n) is 5.21. The molecule has 6 heteroatoms. The van der Waals surface area contributed by atoms with Gasteiger partial charge in [-0.15, -0.1) is 0 Å². The Morgan fingerprint density at radius 1 is 1.21 bits per heavy atom. The Balaban J connectivity index is 1.66. The number of rotatable bonds is 6. The van der Waals surface area contributed by atoms with Gasteiger partial charge in [-0.25, -0.2) is 9.07 Å². The molecule has 1 unspecified atom stereocenters. The highest BCUT2D eigenvalue weighted by molar-refractivity contribution is 6.06. The van der Waals surface area contributed by atoms with E-state index in [-0.39, 0.29) is 17.8 Å². The molecule has 0 N–H and O–H groups in total. The van der Waals surface area contributed by atoms with Gasteiger partial charge in [0.05, 0.1) is 18.9 Å². The molecule has 0 radical (unpaired) electrons. The van der Waals surface area contributed by atoms with Crippen LogP contribution in [0.2, 0.25) is 0 Å². The van der Waals surface area contributed by atoms with Crippen LogP contribution in [0.4, 0.5) is 10.1 Å². The Kier molecular flexibility index (Phi) is 4.86. The molecule has 1 amide bonds. The number of anilines is 1. The summed E-state index contributed by atoms with van der Waals surface area (Å²) < 4.78 is 20.7. The molecule has 1 aliphatic rings. The van der Waals surface area contributed by atoms with Crippen molar-refractivity contribution in [1.29, 1.82) is 0 Å². The molecular formula is C22H22FN3O2. The summed E-state index contributed by atoms with van der Waals surface area (Å²) in [6.45, 7) is 2.07. The minimum absolute atomic E-state index is 0.0673. The molecule has 1 fully saturated rings. The molecule has 1 aromatic heterocycles. The van der Waals surface area contributed by atoms with E-state index in [1.165, 1.54) is 16.9 Å². The van der Waals surface area contributed by atoms with Gasteiger partial charge in [-0.3, -0.25) is 4.79 Å². The highest BCUT2D eigenvalue weighted by Gasteiger charge is 2.36. The third-order valence-corrected chi connectivity index (χ3v) is 5.21. The number of hydrogen-bond donors (Lipinski definition) is 0. The summed E-state index contributed by atoms with van der Waals surface area (Å²) in [6, 6.07) is 13.9. The maximum Gasteiger partial charge on any atom is 0.261 e. The number of hydrogen-bond acceptors (Lipinski definition) is 3. The van der Waals surface area contributed by atoms with Crippen molar-refractivity contribution < 1.29 is 13.9 Å². The number of carbonyl (C=O) groups is 1. The van der Waals surface area contributed by atoms with Crippen LogP contribution in [0.15, 0.2) is 60.9 Å². The van der Waals surface area contributed by atoms with Gasteiger partial charge in [-0.1, -0.05) is 12.1 Å². The first-order valence-corrected chi connectivity index (χ1v) is 9.35. The number of methoxy groups -OCH3 is 1. The summed E-state index contributed by atoms with van der Waals surface area (Å²) in [4.78, 5) is 15.2. The van der Waals surface area contributed by atoms with Crippen molar-refractivity contribution in [3.63, 3.8) is 0 Å². The molecule has 1 saturated carbocycles. The Morgan fingerprint density at radius 2 is 1.93 bits per heavy atom. The molecule has 4 rings (SSSR count). The fourth-order valence-corrected chi connectivity index (χ4v) is 3.41. The van der Waals surface area contributed by atoms with Crippen molar-refractivity contribution in [2.75, 3.05) is 12.0 Å².